The van der Waals surface area contributed by atoms with Gasteiger partial charge < -0.3 is 24.6 Å². The molecule has 3 aromatic rings. The molecule has 0 radical (unpaired) electrons. The molecule has 0 saturated carbocycles. The molecule has 2 aliphatic heterocycles. The molecule has 0 saturated heterocycles. The van der Waals surface area contributed by atoms with E-state index in [-0.39, 0.29) is 46.3 Å². The number of aromatic nitrogens is 4. The van der Waals surface area contributed by atoms with Crippen molar-refractivity contribution in [1.82, 2.24) is 30.6 Å². The first-order valence-corrected chi connectivity index (χ1v) is 13.3. The monoisotopic (exact) mass is 626 g/mol. The van der Waals surface area contributed by atoms with Crippen molar-refractivity contribution in [3.63, 3.8) is 0 Å². The van der Waals surface area contributed by atoms with Crippen molar-refractivity contribution in [2.45, 2.75) is 46.2 Å². The lowest BCUT2D eigenvalue weighted by molar-refractivity contribution is 0.0949. The Hall–Kier alpha value is -4.00. The van der Waals surface area contributed by atoms with Crippen LogP contribution in [0, 0.1) is 5.41 Å². The first-order valence-electron chi connectivity index (χ1n) is 13.3. The number of carbonyl (C=O) groups is 2. The number of carbonyl (C=O) groups excluding carboxylic acids is 2. The molecule has 0 fully saturated rings. The highest BCUT2D eigenvalue weighted by atomic mass is 79.9. The number of pyridine rings is 1. The lowest BCUT2D eigenvalue weighted by Crippen LogP contribution is -2.35. The number of amides is 1. The van der Waals surface area contributed by atoms with Crippen LogP contribution in [0.5, 0.6) is 11.5 Å². The van der Waals surface area contributed by atoms with Crippen molar-refractivity contribution in [2.75, 3.05) is 38.3 Å². The molecule has 0 aliphatic carbocycles. The van der Waals surface area contributed by atoms with Gasteiger partial charge in [-0.1, -0.05) is 20.8 Å². The quantitative estimate of drug-likeness (QED) is 0.320. The number of ketones is 1. The van der Waals surface area contributed by atoms with Crippen LogP contribution in [0.25, 0.3) is 0 Å². The highest BCUT2D eigenvalue weighted by Gasteiger charge is 2.33. The zero-order valence-electron chi connectivity index (χ0n) is 23.8. The van der Waals surface area contributed by atoms with Crippen molar-refractivity contribution in [2.24, 2.45) is 0 Å². The van der Waals surface area contributed by atoms with Gasteiger partial charge in [-0.05, 0) is 30.5 Å². The van der Waals surface area contributed by atoms with Crippen molar-refractivity contribution in [3.8, 4) is 11.5 Å². The minimum absolute atomic E-state index is 0. The topological polar surface area (TPSA) is 149 Å². The number of nitrogens with one attached hydrogen (secondary N) is 3. The number of benzene rings is 1. The maximum atomic E-state index is 13.7. The average Bonchev–Trinajstić information content (AvgIpc) is 3.54. The molecule has 13 heteroatoms. The summed E-state index contributed by atoms with van der Waals surface area (Å²) in [6.07, 6.45) is 1.69. The number of nitrogens with zero attached hydrogens (tertiary/aromatic N) is 5. The van der Waals surface area contributed by atoms with E-state index in [1.807, 2.05) is 19.1 Å². The van der Waals surface area contributed by atoms with Crippen molar-refractivity contribution in [1.29, 1.82) is 5.41 Å². The fourth-order valence-electron chi connectivity index (χ4n) is 5.00. The Morgan fingerprint density at radius 2 is 2.00 bits per heavy atom. The summed E-state index contributed by atoms with van der Waals surface area (Å²) in [6.45, 7) is 10.5. The molecule has 4 heterocycles. The first-order chi connectivity index (χ1) is 19.1. The van der Waals surface area contributed by atoms with E-state index in [9.17, 15) is 9.59 Å². The molecule has 0 unspecified atom stereocenters. The molecule has 3 N–H and O–H groups in total. The second-order valence-corrected chi connectivity index (χ2v) is 10.8. The normalized spacial score (nSPS) is 14.1. The summed E-state index contributed by atoms with van der Waals surface area (Å²) in [4.78, 5) is 34.4. The molecule has 2 aliphatic rings. The van der Waals surface area contributed by atoms with Crippen LogP contribution in [-0.2, 0) is 18.5 Å². The number of fused-ring (bicyclic) bond motifs is 2. The Morgan fingerprint density at radius 1 is 1.22 bits per heavy atom. The highest BCUT2D eigenvalue weighted by molar-refractivity contribution is 8.93. The number of anilines is 1. The molecule has 0 spiro atoms. The Kier molecular flexibility index (Phi) is 8.66. The van der Waals surface area contributed by atoms with Crippen LogP contribution >= 0.6 is 17.0 Å². The third-order valence-electron chi connectivity index (χ3n) is 7.01. The second-order valence-electron chi connectivity index (χ2n) is 10.8. The van der Waals surface area contributed by atoms with Gasteiger partial charge in [0.15, 0.2) is 17.2 Å². The van der Waals surface area contributed by atoms with Crippen LogP contribution in [-0.4, -0.2) is 76.2 Å². The maximum Gasteiger partial charge on any atom is 0.273 e. The minimum Gasteiger partial charge on any atom is -0.491 e. The summed E-state index contributed by atoms with van der Waals surface area (Å²) in [5, 5.41) is 22.1. The molecular weight excluding hydrogens is 592 g/mol. The highest BCUT2D eigenvalue weighted by Crippen LogP contribution is 2.42. The maximum absolute atomic E-state index is 13.7. The fraction of sp³-hybridized carbons (Fsp3) is 0.429. The molecule has 1 aromatic carbocycles. The van der Waals surface area contributed by atoms with Gasteiger partial charge in [-0.25, -0.2) is 4.98 Å². The van der Waals surface area contributed by atoms with Gasteiger partial charge in [0.1, 0.15) is 29.6 Å². The van der Waals surface area contributed by atoms with Crippen LogP contribution in [0.4, 0.5) is 5.69 Å². The van der Waals surface area contributed by atoms with E-state index in [0.717, 1.165) is 28.3 Å². The van der Waals surface area contributed by atoms with Gasteiger partial charge >= 0.3 is 0 Å². The van der Waals surface area contributed by atoms with Crippen molar-refractivity contribution < 1.29 is 19.1 Å². The molecule has 5 rings (SSSR count). The lowest BCUT2D eigenvalue weighted by atomic mass is 9.84. The van der Waals surface area contributed by atoms with E-state index in [1.165, 1.54) is 7.05 Å². The van der Waals surface area contributed by atoms with Crippen molar-refractivity contribution in [3.05, 3.63) is 58.2 Å². The number of H-pyrrole nitrogens is 1. The van der Waals surface area contributed by atoms with Gasteiger partial charge in [0.05, 0.1) is 38.1 Å². The van der Waals surface area contributed by atoms with Crippen molar-refractivity contribution >= 4 is 40.2 Å². The van der Waals surface area contributed by atoms with E-state index < -0.39 is 5.91 Å². The summed E-state index contributed by atoms with van der Waals surface area (Å²) in [7, 11) is 1.52. The molecule has 41 heavy (non-hydrogen) atoms. The van der Waals surface area contributed by atoms with Gasteiger partial charge in [-0.2, -0.15) is 15.4 Å². The van der Waals surface area contributed by atoms with Crippen LogP contribution in [0.1, 0.15) is 71.1 Å². The summed E-state index contributed by atoms with van der Waals surface area (Å²) >= 11 is 0. The van der Waals surface area contributed by atoms with Crippen LogP contribution < -0.4 is 19.7 Å². The molecule has 0 atom stereocenters. The third kappa shape index (κ3) is 5.90. The Morgan fingerprint density at radius 3 is 2.66 bits per heavy atom. The Bertz CT molecular complexity index is 1470. The summed E-state index contributed by atoms with van der Waals surface area (Å²) in [6, 6.07) is 5.52. The van der Waals surface area contributed by atoms with Crippen LogP contribution in [0.15, 0.2) is 24.4 Å². The molecule has 2 aromatic heterocycles. The summed E-state index contributed by atoms with van der Waals surface area (Å²) < 4.78 is 11.8. The van der Waals surface area contributed by atoms with E-state index in [0.29, 0.717) is 49.9 Å². The standard InChI is InChI=1S/C28H34N8O4.BrH/c1-6-39-22-11-17-13-36(26(29)23(17)32-24(22)27(38)30-5)15-21(37)16-9-19(28(2,3)4)25-20(10-16)35(7-8-40-25)14-18-12-31-34-33-18;/h9-12,29H,6-8,13-15H2,1-5H3,(H,30,38)(H,31,33,34);1H. The van der Waals surface area contributed by atoms with E-state index in [4.69, 9.17) is 14.9 Å². The average molecular weight is 628 g/mol. The van der Waals surface area contributed by atoms with E-state index >= 15 is 0 Å². The number of aromatic amines is 1. The van der Waals surface area contributed by atoms with Gasteiger partial charge in [0, 0.05) is 30.3 Å². The van der Waals surface area contributed by atoms with Crippen LogP contribution in [0.3, 0.4) is 0 Å². The molecule has 1 amide bonds. The van der Waals surface area contributed by atoms with Crippen LogP contribution in [0.2, 0.25) is 0 Å². The predicted molar refractivity (Wildman–Crippen MR) is 159 cm³/mol. The SMILES string of the molecule is Br.CCOc1cc2c(nc1C(=O)NC)C(=N)N(CC(=O)c1cc3c(c(C(C)(C)C)c1)OCCN3Cc1cn[nH]n1)C2. The number of Topliss-reactive ketones (excluding diaryl/α,β-unsaturated/α-hetero) is 1. The first kappa shape index (κ1) is 30.0. The minimum atomic E-state index is -0.394. The molecule has 0 bridgehead atoms. The number of ether oxygens (including phenoxy) is 2. The number of halogens is 1. The number of hydrogen-bond acceptors (Lipinski definition) is 9. The largest absolute Gasteiger partial charge is 0.491 e. The molecule has 218 valence electrons. The predicted octanol–water partition coefficient (Wildman–Crippen LogP) is 3.26. The molecular formula is C28H35BrN8O4. The number of rotatable bonds is 8. The van der Waals surface area contributed by atoms with Gasteiger partial charge in [-0.3, -0.25) is 15.0 Å². The summed E-state index contributed by atoms with van der Waals surface area (Å²) in [5.74, 6) is 0.707. The number of hydrogen-bond donors (Lipinski definition) is 3. The number of amidine groups is 1. The summed E-state index contributed by atoms with van der Waals surface area (Å²) in [5.41, 5.74) is 4.07. The fourth-order valence-corrected chi connectivity index (χ4v) is 5.00. The molecule has 12 nitrogen and oxygen atoms in total. The Labute approximate surface area is 249 Å². The zero-order valence-corrected chi connectivity index (χ0v) is 25.5. The second kappa shape index (κ2) is 11.9. The van der Waals surface area contributed by atoms with E-state index in [1.54, 1.807) is 17.2 Å². The van der Waals surface area contributed by atoms with E-state index in [2.05, 4.69) is 51.4 Å². The van der Waals surface area contributed by atoms with Gasteiger partial charge in [-0.15, -0.1) is 17.0 Å². The Balaban J connectivity index is 0.00000387. The lowest BCUT2D eigenvalue weighted by Gasteiger charge is -2.35. The smallest absolute Gasteiger partial charge is 0.273 e. The zero-order chi connectivity index (χ0) is 28.6. The van der Waals surface area contributed by atoms with Gasteiger partial charge in [0.25, 0.3) is 5.91 Å². The van der Waals surface area contributed by atoms with Gasteiger partial charge in [0.2, 0.25) is 0 Å². The third-order valence-corrected chi connectivity index (χ3v) is 7.01.